The molecule has 26 heavy (non-hydrogen) atoms. The van der Waals surface area contributed by atoms with Crippen molar-refractivity contribution in [1.29, 1.82) is 0 Å². The number of amides is 4. The van der Waals surface area contributed by atoms with Crippen molar-refractivity contribution in [3.8, 4) is 0 Å². The Kier molecular flexibility index (Phi) is 10.4. The molecule has 0 fully saturated rings. The van der Waals surface area contributed by atoms with Crippen LogP contribution >= 0.6 is 0 Å². The zero-order valence-corrected chi connectivity index (χ0v) is 14.8. The lowest BCUT2D eigenvalue weighted by Gasteiger charge is -2.24. The predicted octanol–water partition coefficient (Wildman–Crippen LogP) is -0.990. The van der Waals surface area contributed by atoms with Crippen molar-refractivity contribution in [2.75, 3.05) is 6.54 Å². The molecule has 7 N–H and O–H groups in total. The van der Waals surface area contributed by atoms with Gasteiger partial charge in [0.15, 0.2) is 0 Å². The van der Waals surface area contributed by atoms with Crippen LogP contribution in [0.15, 0.2) is 0 Å². The Morgan fingerprint density at radius 3 is 2.08 bits per heavy atom. The molecule has 0 aromatic carbocycles. The zero-order chi connectivity index (χ0) is 20.3. The number of carboxylic acids is 2. The summed E-state index contributed by atoms with van der Waals surface area (Å²) in [5.41, 5.74) is 4.90. The Morgan fingerprint density at radius 2 is 1.62 bits per heavy atom. The van der Waals surface area contributed by atoms with Gasteiger partial charge in [0.25, 0.3) is 0 Å². The second-order valence-corrected chi connectivity index (χ2v) is 6.02. The number of carbonyl (C=O) groups excluding carboxylic acids is 3. The topological polar surface area (TPSA) is 188 Å². The van der Waals surface area contributed by atoms with Crippen LogP contribution in [0.4, 0.5) is 4.79 Å². The zero-order valence-electron chi connectivity index (χ0n) is 14.8. The van der Waals surface area contributed by atoms with E-state index in [1.165, 1.54) is 0 Å². The molecule has 0 aromatic rings. The van der Waals surface area contributed by atoms with E-state index in [4.69, 9.17) is 10.8 Å². The van der Waals surface area contributed by atoms with E-state index >= 15 is 0 Å². The van der Waals surface area contributed by atoms with E-state index in [1.54, 1.807) is 13.8 Å². The third kappa shape index (κ3) is 10.1. The summed E-state index contributed by atoms with van der Waals surface area (Å²) in [4.78, 5) is 56.4. The highest BCUT2D eigenvalue weighted by molar-refractivity contribution is 5.91. The van der Waals surface area contributed by atoms with Gasteiger partial charge in [-0.3, -0.25) is 14.4 Å². The Labute approximate surface area is 150 Å². The highest BCUT2D eigenvalue weighted by atomic mass is 16.4. The third-order valence-corrected chi connectivity index (χ3v) is 3.41. The number of urea groups is 1. The molecular formula is C15H26N4O7. The van der Waals surface area contributed by atoms with Crippen molar-refractivity contribution in [3.63, 3.8) is 0 Å². The molecule has 0 unspecified atom stereocenters. The van der Waals surface area contributed by atoms with Gasteiger partial charge in [0.05, 0.1) is 6.42 Å². The highest BCUT2D eigenvalue weighted by Crippen LogP contribution is 2.05. The second-order valence-electron chi connectivity index (χ2n) is 6.02. The summed E-state index contributed by atoms with van der Waals surface area (Å²) >= 11 is 0. The number of hydrogen-bond acceptors (Lipinski definition) is 5. The summed E-state index contributed by atoms with van der Waals surface area (Å²) < 4.78 is 0. The number of aliphatic carboxylic acids is 2. The van der Waals surface area contributed by atoms with E-state index in [0.29, 0.717) is 0 Å². The highest BCUT2D eigenvalue weighted by Gasteiger charge is 2.28. The molecule has 0 heterocycles. The number of hydrogen-bond donors (Lipinski definition) is 6. The molecule has 11 nitrogen and oxygen atoms in total. The molecule has 0 aliphatic carbocycles. The smallest absolute Gasteiger partial charge is 0.326 e. The van der Waals surface area contributed by atoms with Crippen molar-refractivity contribution in [3.05, 3.63) is 0 Å². The first-order chi connectivity index (χ1) is 12.0. The van der Waals surface area contributed by atoms with Gasteiger partial charge >= 0.3 is 18.0 Å². The van der Waals surface area contributed by atoms with Gasteiger partial charge < -0.3 is 31.9 Å². The lowest BCUT2D eigenvalue weighted by atomic mass is 10.0. The number of carbonyl (C=O) groups is 5. The summed E-state index contributed by atoms with van der Waals surface area (Å²) in [5, 5.41) is 24.8. The minimum atomic E-state index is -1.25. The van der Waals surface area contributed by atoms with Crippen molar-refractivity contribution in [2.45, 2.75) is 51.6 Å². The van der Waals surface area contributed by atoms with Gasteiger partial charge in [-0.25, -0.2) is 9.59 Å². The first-order valence-electron chi connectivity index (χ1n) is 8.12. The number of nitrogens with two attached hydrogens (primary N) is 1. The fraction of sp³-hybridized carbons (Fsp3) is 0.667. The quantitative estimate of drug-likeness (QED) is 0.236. The third-order valence-electron chi connectivity index (χ3n) is 3.41. The van der Waals surface area contributed by atoms with Crippen molar-refractivity contribution in [2.24, 2.45) is 11.7 Å². The average molecular weight is 374 g/mol. The van der Waals surface area contributed by atoms with Crippen LogP contribution in [0.3, 0.4) is 0 Å². The monoisotopic (exact) mass is 374 g/mol. The van der Waals surface area contributed by atoms with Crippen LogP contribution in [0.5, 0.6) is 0 Å². The van der Waals surface area contributed by atoms with Crippen molar-refractivity contribution < 1.29 is 34.2 Å². The fourth-order valence-electron chi connectivity index (χ4n) is 2.04. The lowest BCUT2D eigenvalue weighted by Crippen LogP contribution is -2.53. The van der Waals surface area contributed by atoms with E-state index in [9.17, 15) is 29.1 Å². The minimum absolute atomic E-state index is 0.0547. The number of nitrogens with one attached hydrogen (secondary N) is 3. The molecule has 148 valence electrons. The first-order valence-corrected chi connectivity index (χ1v) is 8.12. The standard InChI is InChI=1S/C15H26N4O7/c1-8(2)12(19-10(20)5-6-11(21)22)13(23)18-9(14(24)25)4-3-7-17-15(16)26/h8-9,12H,3-7H2,1-2H3,(H,18,23)(H,19,20)(H,21,22)(H,24,25)(H3,16,17,26)/t9-,12+/m0/s1. The number of rotatable bonds is 12. The van der Waals surface area contributed by atoms with Gasteiger partial charge in [-0.05, 0) is 18.8 Å². The SMILES string of the molecule is CC(C)[C@@H](NC(=O)CCC(=O)O)C(=O)N[C@@H](CCCNC(N)=O)C(=O)O. The van der Waals surface area contributed by atoms with E-state index in [0.717, 1.165) is 0 Å². The van der Waals surface area contributed by atoms with Gasteiger partial charge in [-0.15, -0.1) is 0 Å². The van der Waals surface area contributed by atoms with Crippen LogP contribution < -0.4 is 21.7 Å². The van der Waals surface area contributed by atoms with Crippen LogP contribution in [0.25, 0.3) is 0 Å². The molecule has 0 radical (unpaired) electrons. The molecule has 4 amide bonds. The summed E-state index contributed by atoms with van der Waals surface area (Å²) in [5.74, 6) is -4.02. The molecular weight excluding hydrogens is 348 g/mol. The molecule has 0 saturated heterocycles. The van der Waals surface area contributed by atoms with Gasteiger partial charge in [-0.1, -0.05) is 13.8 Å². The lowest BCUT2D eigenvalue weighted by molar-refractivity contribution is -0.143. The fourth-order valence-corrected chi connectivity index (χ4v) is 2.04. The summed E-state index contributed by atoms with van der Waals surface area (Å²) in [6.07, 6.45) is -0.327. The molecule has 0 aliphatic rings. The molecule has 2 atom stereocenters. The van der Waals surface area contributed by atoms with Gasteiger partial charge in [0.2, 0.25) is 11.8 Å². The maximum Gasteiger partial charge on any atom is 0.326 e. The Hall–Kier alpha value is -2.85. The van der Waals surface area contributed by atoms with E-state index < -0.39 is 41.9 Å². The molecule has 0 saturated carbocycles. The summed E-state index contributed by atoms with van der Waals surface area (Å²) in [7, 11) is 0. The number of primary amides is 1. The van der Waals surface area contributed by atoms with Crippen LogP contribution in [-0.4, -0.2) is 58.6 Å². The van der Waals surface area contributed by atoms with Crippen molar-refractivity contribution in [1.82, 2.24) is 16.0 Å². The molecule has 0 spiro atoms. The van der Waals surface area contributed by atoms with Crippen LogP contribution in [0.1, 0.15) is 39.5 Å². The maximum absolute atomic E-state index is 12.3. The molecule has 0 bridgehead atoms. The van der Waals surface area contributed by atoms with Gasteiger partial charge in [0, 0.05) is 13.0 Å². The maximum atomic E-state index is 12.3. The van der Waals surface area contributed by atoms with E-state index in [-0.39, 0.29) is 38.1 Å². The molecule has 0 aliphatic heterocycles. The Bertz CT molecular complexity index is 536. The Morgan fingerprint density at radius 1 is 1.00 bits per heavy atom. The largest absolute Gasteiger partial charge is 0.481 e. The normalized spacial score (nSPS) is 12.7. The minimum Gasteiger partial charge on any atom is -0.481 e. The van der Waals surface area contributed by atoms with E-state index in [1.807, 2.05) is 0 Å². The summed E-state index contributed by atoms with van der Waals surface area (Å²) in [6.45, 7) is 3.48. The molecule has 0 rings (SSSR count). The van der Waals surface area contributed by atoms with Crippen LogP contribution in [0, 0.1) is 5.92 Å². The van der Waals surface area contributed by atoms with Crippen LogP contribution in [-0.2, 0) is 19.2 Å². The molecule has 0 aromatic heterocycles. The Balaban J connectivity index is 4.71. The van der Waals surface area contributed by atoms with E-state index in [2.05, 4.69) is 16.0 Å². The van der Waals surface area contributed by atoms with Crippen LogP contribution in [0.2, 0.25) is 0 Å². The van der Waals surface area contributed by atoms with Gasteiger partial charge in [0.1, 0.15) is 12.1 Å². The number of carboxylic acid groups (broad SMARTS) is 2. The van der Waals surface area contributed by atoms with Gasteiger partial charge in [-0.2, -0.15) is 0 Å². The van der Waals surface area contributed by atoms with Crippen molar-refractivity contribution >= 4 is 29.8 Å². The molecule has 11 heteroatoms. The predicted molar refractivity (Wildman–Crippen MR) is 90.0 cm³/mol. The average Bonchev–Trinajstić information content (AvgIpc) is 2.52. The summed E-state index contributed by atoms with van der Waals surface area (Å²) in [6, 6.07) is -2.93. The second kappa shape index (κ2) is 11.7. The first kappa shape index (κ1) is 23.1.